The fraction of sp³-hybridized carbons (Fsp3) is 0.375. The molecule has 3 heterocycles. The van der Waals surface area contributed by atoms with Crippen LogP contribution in [0.4, 0.5) is 0 Å². The number of nitrogens with zero attached hydrogens (tertiary/aromatic N) is 2. The lowest BCUT2D eigenvalue weighted by Crippen LogP contribution is -2.32. The molecule has 0 radical (unpaired) electrons. The number of hydrogen-bond acceptors (Lipinski definition) is 4. The summed E-state index contributed by atoms with van der Waals surface area (Å²) in [5.41, 5.74) is 1.23. The third-order valence-electron chi connectivity index (χ3n) is 4.53. The predicted molar refractivity (Wildman–Crippen MR) is 90.0 cm³/mol. The van der Waals surface area contributed by atoms with E-state index in [0.29, 0.717) is 28.3 Å². The topological polar surface area (TPSA) is 58.4 Å². The van der Waals surface area contributed by atoms with E-state index in [9.17, 15) is 4.79 Å². The van der Waals surface area contributed by atoms with Gasteiger partial charge in [0.05, 0.1) is 0 Å². The third-order valence-corrected chi connectivity index (χ3v) is 4.79. The molecule has 1 amide bonds. The minimum atomic E-state index is -0.0432. The maximum atomic E-state index is 12.5. The molecule has 0 aliphatic carbocycles. The molecule has 0 saturated carbocycles. The van der Waals surface area contributed by atoms with Crippen molar-refractivity contribution in [1.82, 2.24) is 15.4 Å². The molecule has 5 nitrogen and oxygen atoms in total. The quantitative estimate of drug-likeness (QED) is 0.901. The fourth-order valence-electron chi connectivity index (χ4n) is 3.31. The zero-order valence-corrected chi connectivity index (χ0v) is 13.9. The molecule has 23 heavy (non-hydrogen) atoms. The van der Waals surface area contributed by atoms with Crippen molar-refractivity contribution in [3.63, 3.8) is 0 Å². The summed E-state index contributed by atoms with van der Waals surface area (Å²) in [6, 6.07) is 8.98. The number of fused-ring (bicyclic) bond motifs is 1. The second-order valence-electron chi connectivity index (χ2n) is 5.97. The van der Waals surface area contributed by atoms with E-state index < -0.39 is 0 Å². The zero-order valence-electron chi connectivity index (χ0n) is 12.4. The summed E-state index contributed by atoms with van der Waals surface area (Å²) < 4.78 is 5.31. The average molecular weight is 354 g/mol. The Morgan fingerprint density at radius 1 is 1.22 bits per heavy atom. The van der Waals surface area contributed by atoms with Crippen LogP contribution in [-0.2, 0) is 0 Å². The molecule has 0 spiro atoms. The zero-order chi connectivity index (χ0) is 15.1. The van der Waals surface area contributed by atoms with Gasteiger partial charge in [0, 0.05) is 42.8 Å². The van der Waals surface area contributed by atoms with Crippen LogP contribution in [-0.4, -0.2) is 42.1 Å². The molecule has 2 aliphatic heterocycles. The van der Waals surface area contributed by atoms with Crippen LogP contribution >= 0.6 is 24.0 Å². The molecule has 2 aliphatic rings. The molecule has 2 atom stereocenters. The van der Waals surface area contributed by atoms with Gasteiger partial charge in [0.25, 0.3) is 5.91 Å². The molecule has 0 unspecified atom stereocenters. The number of nitrogens with one attached hydrogen (secondary N) is 1. The summed E-state index contributed by atoms with van der Waals surface area (Å²) in [6.07, 6.45) is 0. The summed E-state index contributed by atoms with van der Waals surface area (Å²) in [4.78, 5) is 14.4. The van der Waals surface area contributed by atoms with Crippen LogP contribution in [0.15, 0.2) is 34.9 Å². The molecule has 2 fully saturated rings. The first-order valence-corrected chi connectivity index (χ1v) is 7.81. The van der Waals surface area contributed by atoms with E-state index in [2.05, 4.69) is 10.5 Å². The highest BCUT2D eigenvalue weighted by atomic mass is 35.5. The summed E-state index contributed by atoms with van der Waals surface area (Å²) in [5, 5.41) is 7.97. The number of carbonyl (C=O) groups excluding carboxylic acids is 1. The molecule has 0 bridgehead atoms. The lowest BCUT2D eigenvalue weighted by molar-refractivity contribution is 0.0771. The number of aromatic nitrogens is 1. The number of benzene rings is 1. The van der Waals surface area contributed by atoms with Crippen molar-refractivity contribution in [2.75, 3.05) is 26.2 Å². The van der Waals surface area contributed by atoms with Gasteiger partial charge >= 0.3 is 0 Å². The van der Waals surface area contributed by atoms with E-state index in [1.165, 1.54) is 0 Å². The van der Waals surface area contributed by atoms with Gasteiger partial charge in [-0.15, -0.1) is 12.4 Å². The summed E-state index contributed by atoms with van der Waals surface area (Å²) in [7, 11) is 0. The molecular weight excluding hydrogens is 337 g/mol. The molecule has 2 saturated heterocycles. The maximum absolute atomic E-state index is 12.5. The standard InChI is InChI=1S/C16H16ClN3O2.ClH/c17-13-3-1-10(2-4-13)15-5-14(19-22-15)16(21)20-8-11-6-18-7-12(11)9-20;/h1-5,11-12,18H,6-9H2;1H/t11-,12+;. The van der Waals surface area contributed by atoms with Gasteiger partial charge in [0.15, 0.2) is 11.5 Å². The lowest BCUT2D eigenvalue weighted by Gasteiger charge is -2.15. The van der Waals surface area contributed by atoms with Gasteiger partial charge in [-0.2, -0.15) is 0 Å². The Labute approximate surface area is 145 Å². The van der Waals surface area contributed by atoms with Crippen LogP contribution < -0.4 is 5.32 Å². The summed E-state index contributed by atoms with van der Waals surface area (Å²) >= 11 is 5.88. The Hall–Kier alpha value is -1.56. The van der Waals surface area contributed by atoms with Gasteiger partial charge in [-0.1, -0.05) is 16.8 Å². The van der Waals surface area contributed by atoms with Crippen LogP contribution in [0.25, 0.3) is 11.3 Å². The van der Waals surface area contributed by atoms with E-state index in [1.807, 2.05) is 17.0 Å². The van der Waals surface area contributed by atoms with Crippen molar-refractivity contribution >= 4 is 29.9 Å². The number of halogens is 2. The van der Waals surface area contributed by atoms with Crippen LogP contribution in [0.1, 0.15) is 10.5 Å². The molecule has 122 valence electrons. The first-order valence-electron chi connectivity index (χ1n) is 7.43. The van der Waals surface area contributed by atoms with E-state index in [0.717, 1.165) is 31.7 Å². The molecule has 2 aromatic rings. The van der Waals surface area contributed by atoms with Crippen molar-refractivity contribution in [3.05, 3.63) is 41.0 Å². The monoisotopic (exact) mass is 353 g/mol. The molecule has 1 N–H and O–H groups in total. The SMILES string of the molecule is Cl.O=C(c1cc(-c2ccc(Cl)cc2)on1)N1C[C@H]2CNC[C@H]2C1. The number of carbonyl (C=O) groups is 1. The highest BCUT2D eigenvalue weighted by Crippen LogP contribution is 2.28. The van der Waals surface area contributed by atoms with Crippen LogP contribution in [0.2, 0.25) is 5.02 Å². The van der Waals surface area contributed by atoms with Gasteiger partial charge in [0.1, 0.15) is 0 Å². The van der Waals surface area contributed by atoms with Gasteiger partial charge in [-0.3, -0.25) is 4.79 Å². The Morgan fingerprint density at radius 2 is 1.87 bits per heavy atom. The molecule has 1 aromatic carbocycles. The Balaban J connectivity index is 0.00000156. The maximum Gasteiger partial charge on any atom is 0.276 e. The van der Waals surface area contributed by atoms with Gasteiger partial charge in [-0.05, 0) is 36.1 Å². The van der Waals surface area contributed by atoms with Crippen LogP contribution in [0.5, 0.6) is 0 Å². The normalized spacial score (nSPS) is 22.7. The lowest BCUT2D eigenvalue weighted by atomic mass is 10.0. The Morgan fingerprint density at radius 3 is 2.52 bits per heavy atom. The summed E-state index contributed by atoms with van der Waals surface area (Å²) in [6.45, 7) is 3.62. The predicted octanol–water partition coefficient (Wildman–Crippen LogP) is 2.71. The highest BCUT2D eigenvalue weighted by molar-refractivity contribution is 6.30. The fourth-order valence-corrected chi connectivity index (χ4v) is 3.44. The molecule has 4 rings (SSSR count). The first kappa shape index (κ1) is 16.3. The van der Waals surface area contributed by atoms with Crippen molar-refractivity contribution in [1.29, 1.82) is 0 Å². The minimum Gasteiger partial charge on any atom is -0.355 e. The molecule has 1 aromatic heterocycles. The van der Waals surface area contributed by atoms with Crippen molar-refractivity contribution in [3.8, 4) is 11.3 Å². The van der Waals surface area contributed by atoms with E-state index >= 15 is 0 Å². The third kappa shape index (κ3) is 3.09. The largest absolute Gasteiger partial charge is 0.355 e. The second kappa shape index (κ2) is 6.51. The van der Waals surface area contributed by atoms with Crippen LogP contribution in [0.3, 0.4) is 0 Å². The van der Waals surface area contributed by atoms with Crippen molar-refractivity contribution in [2.24, 2.45) is 11.8 Å². The summed E-state index contributed by atoms with van der Waals surface area (Å²) in [5.74, 6) is 1.69. The average Bonchev–Trinajstić information content (AvgIpc) is 3.22. The highest BCUT2D eigenvalue weighted by Gasteiger charge is 2.38. The van der Waals surface area contributed by atoms with Gasteiger partial charge in [-0.25, -0.2) is 0 Å². The number of amides is 1. The van der Waals surface area contributed by atoms with Gasteiger partial charge in [0.2, 0.25) is 0 Å². The van der Waals surface area contributed by atoms with Crippen molar-refractivity contribution in [2.45, 2.75) is 0 Å². The Bertz CT molecular complexity index is 690. The Kier molecular flexibility index (Phi) is 4.62. The first-order chi connectivity index (χ1) is 10.7. The smallest absolute Gasteiger partial charge is 0.276 e. The molecular formula is C16H17Cl2N3O2. The number of hydrogen-bond donors (Lipinski definition) is 1. The minimum absolute atomic E-state index is 0. The molecule has 7 heteroatoms. The van der Waals surface area contributed by atoms with E-state index in [-0.39, 0.29) is 18.3 Å². The van der Waals surface area contributed by atoms with Crippen molar-refractivity contribution < 1.29 is 9.32 Å². The number of likely N-dealkylation sites (tertiary alicyclic amines) is 1. The number of rotatable bonds is 2. The van der Waals surface area contributed by atoms with E-state index in [4.69, 9.17) is 16.1 Å². The second-order valence-corrected chi connectivity index (χ2v) is 6.41. The van der Waals surface area contributed by atoms with E-state index in [1.54, 1.807) is 18.2 Å². The van der Waals surface area contributed by atoms with Gasteiger partial charge < -0.3 is 14.7 Å². The van der Waals surface area contributed by atoms with Crippen LogP contribution in [0, 0.1) is 11.8 Å².